The molecule has 0 radical (unpaired) electrons. The number of carbonyl (C=O) groups is 1. The van der Waals surface area contributed by atoms with E-state index in [-0.39, 0.29) is 11.6 Å². The lowest BCUT2D eigenvalue weighted by Crippen LogP contribution is -2.31. The van der Waals surface area contributed by atoms with Crippen molar-refractivity contribution in [1.82, 2.24) is 14.7 Å². The first-order valence-corrected chi connectivity index (χ1v) is 7.63. The van der Waals surface area contributed by atoms with Gasteiger partial charge in [0.05, 0.1) is 17.2 Å². The van der Waals surface area contributed by atoms with Crippen LogP contribution in [0.15, 0.2) is 27.1 Å². The van der Waals surface area contributed by atoms with E-state index in [1.165, 1.54) is 0 Å². The zero-order chi connectivity index (χ0) is 15.3. The van der Waals surface area contributed by atoms with Gasteiger partial charge in [-0.05, 0) is 15.9 Å². The largest absolute Gasteiger partial charge is 0.344 e. The first kappa shape index (κ1) is 15.7. The van der Waals surface area contributed by atoms with Gasteiger partial charge in [0.1, 0.15) is 0 Å². The number of likely N-dealkylation sites (N-methyl/N-ethyl adjacent to an activating group) is 1. The summed E-state index contributed by atoms with van der Waals surface area (Å²) in [4.78, 5) is 13.8. The molecular weight excluding hydrogens is 334 g/mol. The zero-order valence-corrected chi connectivity index (χ0v) is 13.6. The number of carbonyl (C=O) groups excluding carboxylic acids is 1. The molecule has 0 fully saturated rings. The van der Waals surface area contributed by atoms with Crippen molar-refractivity contribution in [3.8, 4) is 12.3 Å². The van der Waals surface area contributed by atoms with Crippen molar-refractivity contribution < 1.29 is 4.79 Å². The summed E-state index contributed by atoms with van der Waals surface area (Å²) < 4.78 is 2.73. The second-order valence-corrected chi connectivity index (χ2v) is 6.04. The first-order chi connectivity index (χ1) is 10.0. The maximum atomic E-state index is 12.1. The van der Waals surface area contributed by atoms with E-state index < -0.39 is 0 Å². The van der Waals surface area contributed by atoms with Crippen molar-refractivity contribution in [3.05, 3.63) is 16.9 Å². The molecule has 2 heterocycles. The Bertz CT molecular complexity index is 568. The fourth-order valence-electron chi connectivity index (χ4n) is 2.00. The Labute approximate surface area is 132 Å². The molecule has 0 bridgehead atoms. The highest BCUT2D eigenvalue weighted by atomic mass is 79.9. The van der Waals surface area contributed by atoms with E-state index >= 15 is 0 Å². The highest BCUT2D eigenvalue weighted by Gasteiger charge is 2.39. The summed E-state index contributed by atoms with van der Waals surface area (Å²) >= 11 is 3.34. The quantitative estimate of drug-likeness (QED) is 0.675. The molecule has 1 aromatic heterocycles. The molecule has 21 heavy (non-hydrogen) atoms. The Hall–Kier alpha value is -1.68. The number of rotatable bonds is 8. The van der Waals surface area contributed by atoms with Gasteiger partial charge in [-0.3, -0.25) is 9.48 Å². The average molecular weight is 352 g/mol. The molecule has 0 unspecified atom stereocenters. The lowest BCUT2D eigenvalue weighted by Gasteiger charge is -2.18. The number of halogens is 1. The minimum absolute atomic E-state index is 0.0959. The van der Waals surface area contributed by atoms with Crippen LogP contribution < -0.4 is 0 Å². The number of nitrogens with zero attached hydrogens (tertiary/aromatic N) is 5. The molecule has 0 N–H and O–H groups in total. The molecule has 1 aliphatic rings. The number of hydrogen-bond donors (Lipinski definition) is 0. The van der Waals surface area contributed by atoms with E-state index in [0.717, 1.165) is 10.9 Å². The van der Waals surface area contributed by atoms with Crippen LogP contribution in [0.2, 0.25) is 0 Å². The molecule has 2 rings (SSSR count). The van der Waals surface area contributed by atoms with Gasteiger partial charge >= 0.3 is 0 Å². The number of terminal acetylenes is 1. The Balaban J connectivity index is 1.69. The summed E-state index contributed by atoms with van der Waals surface area (Å²) in [6.45, 7) is 1.30. The van der Waals surface area contributed by atoms with Gasteiger partial charge in [0.25, 0.3) is 0 Å². The van der Waals surface area contributed by atoms with Gasteiger partial charge in [-0.15, -0.1) is 12.3 Å². The van der Waals surface area contributed by atoms with Crippen LogP contribution in [-0.2, 0) is 11.3 Å². The van der Waals surface area contributed by atoms with E-state index in [2.05, 4.69) is 37.2 Å². The highest BCUT2D eigenvalue weighted by molar-refractivity contribution is 9.10. The summed E-state index contributed by atoms with van der Waals surface area (Å²) in [6, 6.07) is 0. The van der Waals surface area contributed by atoms with Crippen molar-refractivity contribution in [2.75, 3.05) is 13.6 Å². The smallest absolute Gasteiger partial charge is 0.222 e. The van der Waals surface area contributed by atoms with Gasteiger partial charge < -0.3 is 4.90 Å². The molecule has 7 heteroatoms. The minimum Gasteiger partial charge on any atom is -0.344 e. The SMILES string of the molecule is C#CCCC1(CCC(=O)N(C)CCn2cc(Br)cn2)N=N1. The summed E-state index contributed by atoms with van der Waals surface area (Å²) in [5.74, 6) is 2.68. The first-order valence-electron chi connectivity index (χ1n) is 6.84. The van der Waals surface area contributed by atoms with Gasteiger partial charge in [0, 0.05) is 45.5 Å². The zero-order valence-electron chi connectivity index (χ0n) is 12.0. The summed E-state index contributed by atoms with van der Waals surface area (Å²) in [7, 11) is 1.80. The maximum absolute atomic E-state index is 12.1. The summed E-state index contributed by atoms with van der Waals surface area (Å²) in [5, 5.41) is 12.2. The van der Waals surface area contributed by atoms with Crippen molar-refractivity contribution in [1.29, 1.82) is 0 Å². The lowest BCUT2D eigenvalue weighted by molar-refractivity contribution is -0.130. The van der Waals surface area contributed by atoms with E-state index in [9.17, 15) is 4.79 Å². The fourth-order valence-corrected chi connectivity index (χ4v) is 2.33. The van der Waals surface area contributed by atoms with Crippen LogP contribution in [0.25, 0.3) is 0 Å². The van der Waals surface area contributed by atoms with Crippen LogP contribution >= 0.6 is 15.9 Å². The molecule has 0 spiro atoms. The molecule has 0 saturated carbocycles. The predicted molar refractivity (Wildman–Crippen MR) is 82.5 cm³/mol. The van der Waals surface area contributed by atoms with Crippen LogP contribution in [0.3, 0.4) is 0 Å². The van der Waals surface area contributed by atoms with Crippen LogP contribution in [0.1, 0.15) is 25.7 Å². The summed E-state index contributed by atoms with van der Waals surface area (Å²) in [5.41, 5.74) is -0.379. The van der Waals surface area contributed by atoms with Crippen LogP contribution in [0.5, 0.6) is 0 Å². The predicted octanol–water partition coefficient (Wildman–Crippen LogP) is 2.46. The minimum atomic E-state index is -0.379. The third-order valence-electron chi connectivity index (χ3n) is 3.48. The average Bonchev–Trinajstić information content (AvgIpc) is 3.14. The van der Waals surface area contributed by atoms with Gasteiger partial charge in [0.15, 0.2) is 5.66 Å². The molecule has 112 valence electrons. The topological polar surface area (TPSA) is 62.9 Å². The Morgan fingerprint density at radius 2 is 2.29 bits per heavy atom. The van der Waals surface area contributed by atoms with Crippen molar-refractivity contribution in [3.63, 3.8) is 0 Å². The second kappa shape index (κ2) is 6.85. The molecular formula is C14H18BrN5O. The number of aromatic nitrogens is 2. The van der Waals surface area contributed by atoms with Crippen LogP contribution in [0, 0.1) is 12.3 Å². The van der Waals surface area contributed by atoms with Crippen molar-refractivity contribution >= 4 is 21.8 Å². The normalized spacial score (nSPS) is 14.7. The van der Waals surface area contributed by atoms with E-state index in [1.807, 2.05) is 6.20 Å². The molecule has 0 aromatic carbocycles. The highest BCUT2D eigenvalue weighted by Crippen LogP contribution is 2.37. The van der Waals surface area contributed by atoms with E-state index in [4.69, 9.17) is 6.42 Å². The standard InChI is InChI=1S/C14H18BrN5O/c1-3-4-6-14(17-18-14)7-5-13(21)19(2)8-9-20-11-12(15)10-16-20/h1,10-11H,4-9H2,2H3. The Morgan fingerprint density at radius 3 is 2.86 bits per heavy atom. The molecule has 0 atom stereocenters. The molecule has 1 amide bonds. The third kappa shape index (κ3) is 4.67. The molecule has 0 aliphatic carbocycles. The van der Waals surface area contributed by atoms with Gasteiger partial charge in [-0.2, -0.15) is 15.3 Å². The number of amides is 1. The van der Waals surface area contributed by atoms with Crippen LogP contribution in [-0.4, -0.2) is 39.8 Å². The van der Waals surface area contributed by atoms with Gasteiger partial charge in [0.2, 0.25) is 5.91 Å². The summed E-state index contributed by atoms with van der Waals surface area (Å²) in [6.07, 6.45) is 11.3. The van der Waals surface area contributed by atoms with Crippen molar-refractivity contribution in [2.45, 2.75) is 37.9 Å². The second-order valence-electron chi connectivity index (χ2n) is 5.12. The van der Waals surface area contributed by atoms with Gasteiger partial charge in [-0.25, -0.2) is 0 Å². The van der Waals surface area contributed by atoms with Crippen LogP contribution in [0.4, 0.5) is 0 Å². The monoisotopic (exact) mass is 351 g/mol. The van der Waals surface area contributed by atoms with Crippen molar-refractivity contribution in [2.24, 2.45) is 10.2 Å². The Kier molecular flexibility index (Phi) is 5.12. The third-order valence-corrected chi connectivity index (χ3v) is 3.89. The van der Waals surface area contributed by atoms with E-state index in [0.29, 0.717) is 32.4 Å². The molecule has 1 aliphatic heterocycles. The Morgan fingerprint density at radius 1 is 1.52 bits per heavy atom. The molecule has 6 nitrogen and oxygen atoms in total. The molecule has 1 aromatic rings. The van der Waals surface area contributed by atoms with E-state index in [1.54, 1.807) is 22.8 Å². The van der Waals surface area contributed by atoms with Gasteiger partial charge in [-0.1, -0.05) is 0 Å². The maximum Gasteiger partial charge on any atom is 0.222 e. The lowest BCUT2D eigenvalue weighted by atomic mass is 10.0. The fraction of sp³-hybridized carbons (Fsp3) is 0.571. The number of hydrogen-bond acceptors (Lipinski definition) is 4. The molecule has 0 saturated heterocycles.